The maximum absolute atomic E-state index is 11.0. The van der Waals surface area contributed by atoms with Crippen LogP contribution in [0.1, 0.15) is 49.6 Å². The number of aryl methyl sites for hydroxylation is 2. The molecule has 1 saturated carbocycles. The topological polar surface area (TPSA) is 95.7 Å². The molecule has 7 nitrogen and oxygen atoms in total. The molecule has 166 valence electrons. The first-order valence-electron chi connectivity index (χ1n) is 9.61. The minimum atomic E-state index is -5.08. The standard InChI is InChI=1S/C17H29N3O2.C2HF3O2/c1-5-20(11-16-12(2)18-19(4)13(16)3)10-14-6-8-15(9-7-14)17(21)22;3-2(4,5)1(6)7/h14-15H,5-11H2,1-4H3,(H,21,22);(H,6,7). The van der Waals surface area contributed by atoms with Gasteiger partial charge < -0.3 is 10.2 Å². The van der Waals surface area contributed by atoms with Gasteiger partial charge in [0, 0.05) is 31.4 Å². The molecule has 1 aromatic rings. The Hall–Kier alpha value is -2.10. The molecule has 1 aliphatic carbocycles. The molecule has 0 spiro atoms. The molecule has 1 aromatic heterocycles. The second kappa shape index (κ2) is 10.6. The number of nitrogens with zero attached hydrogens (tertiary/aromatic N) is 3. The molecule has 0 amide bonds. The van der Waals surface area contributed by atoms with Crippen molar-refractivity contribution in [2.75, 3.05) is 13.1 Å². The third kappa shape index (κ3) is 7.68. The van der Waals surface area contributed by atoms with E-state index in [-0.39, 0.29) is 5.92 Å². The second-order valence-electron chi connectivity index (χ2n) is 7.46. The van der Waals surface area contributed by atoms with Crippen LogP contribution < -0.4 is 0 Å². The molecule has 10 heteroatoms. The zero-order valence-corrected chi connectivity index (χ0v) is 17.3. The van der Waals surface area contributed by atoms with Crippen molar-refractivity contribution in [1.82, 2.24) is 14.7 Å². The Kier molecular flexibility index (Phi) is 9.13. The number of carboxylic acid groups (broad SMARTS) is 2. The lowest BCUT2D eigenvalue weighted by Crippen LogP contribution is -2.32. The van der Waals surface area contributed by atoms with E-state index >= 15 is 0 Å². The van der Waals surface area contributed by atoms with Gasteiger partial charge in [-0.1, -0.05) is 6.92 Å². The van der Waals surface area contributed by atoms with E-state index in [2.05, 4.69) is 30.8 Å². The molecule has 2 rings (SSSR count). The Bertz CT molecular complexity index is 696. The summed E-state index contributed by atoms with van der Waals surface area (Å²) in [4.78, 5) is 22.4. The summed E-state index contributed by atoms with van der Waals surface area (Å²) < 4.78 is 33.7. The first-order chi connectivity index (χ1) is 13.4. The zero-order chi connectivity index (χ0) is 22.4. The number of halogens is 3. The molecule has 1 aliphatic rings. The number of rotatable bonds is 6. The molecule has 0 aromatic carbocycles. The minimum Gasteiger partial charge on any atom is -0.481 e. The normalized spacial score (nSPS) is 19.6. The lowest BCUT2D eigenvalue weighted by molar-refractivity contribution is -0.192. The van der Waals surface area contributed by atoms with Gasteiger partial charge in [-0.15, -0.1) is 0 Å². The lowest BCUT2D eigenvalue weighted by atomic mass is 9.82. The van der Waals surface area contributed by atoms with E-state index in [0.717, 1.165) is 51.0 Å². The van der Waals surface area contributed by atoms with Crippen molar-refractivity contribution in [3.8, 4) is 0 Å². The summed E-state index contributed by atoms with van der Waals surface area (Å²) in [6, 6.07) is 0. The van der Waals surface area contributed by atoms with E-state index in [9.17, 15) is 18.0 Å². The fourth-order valence-corrected chi connectivity index (χ4v) is 3.53. The third-order valence-corrected chi connectivity index (χ3v) is 5.44. The van der Waals surface area contributed by atoms with E-state index in [1.807, 2.05) is 11.7 Å². The van der Waals surface area contributed by atoms with Gasteiger partial charge >= 0.3 is 18.1 Å². The minimum absolute atomic E-state index is 0.117. The summed E-state index contributed by atoms with van der Waals surface area (Å²) in [5.41, 5.74) is 3.70. The molecule has 29 heavy (non-hydrogen) atoms. The number of carboxylic acids is 2. The lowest BCUT2D eigenvalue weighted by Gasteiger charge is -2.31. The van der Waals surface area contributed by atoms with E-state index in [0.29, 0.717) is 5.92 Å². The maximum Gasteiger partial charge on any atom is 0.490 e. The van der Waals surface area contributed by atoms with Crippen LogP contribution in [0.2, 0.25) is 0 Å². The fraction of sp³-hybridized carbons (Fsp3) is 0.737. The number of aliphatic carboxylic acids is 2. The number of hydrogen-bond acceptors (Lipinski definition) is 4. The van der Waals surface area contributed by atoms with Crippen molar-refractivity contribution in [1.29, 1.82) is 0 Å². The average molecular weight is 421 g/mol. The van der Waals surface area contributed by atoms with Crippen LogP contribution in [-0.2, 0) is 23.2 Å². The molecular weight excluding hydrogens is 391 g/mol. The van der Waals surface area contributed by atoms with Gasteiger partial charge in [0.15, 0.2) is 0 Å². The first kappa shape index (κ1) is 24.9. The number of aromatic nitrogens is 2. The first-order valence-corrected chi connectivity index (χ1v) is 9.61. The van der Waals surface area contributed by atoms with Crippen molar-refractivity contribution in [2.45, 2.75) is 59.2 Å². The number of alkyl halides is 3. The molecule has 2 N–H and O–H groups in total. The summed E-state index contributed by atoms with van der Waals surface area (Å²) >= 11 is 0. The van der Waals surface area contributed by atoms with Gasteiger partial charge in [-0.25, -0.2) is 4.79 Å². The summed E-state index contributed by atoms with van der Waals surface area (Å²) in [6.07, 6.45) is -1.33. The predicted molar refractivity (Wildman–Crippen MR) is 100 cm³/mol. The van der Waals surface area contributed by atoms with Gasteiger partial charge in [-0.05, 0) is 52.0 Å². The van der Waals surface area contributed by atoms with E-state index in [1.165, 1.54) is 11.3 Å². The van der Waals surface area contributed by atoms with Gasteiger partial charge in [0.05, 0.1) is 11.6 Å². The average Bonchev–Trinajstić information content (AvgIpc) is 2.87. The van der Waals surface area contributed by atoms with Crippen molar-refractivity contribution >= 4 is 11.9 Å². The van der Waals surface area contributed by atoms with Crippen LogP contribution in [0.15, 0.2) is 0 Å². The van der Waals surface area contributed by atoms with Crippen LogP contribution in [0.3, 0.4) is 0 Å². The molecule has 0 bridgehead atoms. The Balaban J connectivity index is 0.000000516. The summed E-state index contributed by atoms with van der Waals surface area (Å²) in [5, 5.41) is 20.7. The molecule has 1 heterocycles. The molecule has 1 fully saturated rings. The van der Waals surface area contributed by atoms with Crippen LogP contribution >= 0.6 is 0 Å². The van der Waals surface area contributed by atoms with Gasteiger partial charge in [0.2, 0.25) is 0 Å². The quantitative estimate of drug-likeness (QED) is 0.731. The highest BCUT2D eigenvalue weighted by Gasteiger charge is 2.38. The second-order valence-corrected chi connectivity index (χ2v) is 7.46. The number of carbonyl (C=O) groups is 2. The van der Waals surface area contributed by atoms with Gasteiger partial charge in [-0.3, -0.25) is 14.4 Å². The highest BCUT2D eigenvalue weighted by molar-refractivity contribution is 5.73. The Morgan fingerprint density at radius 2 is 1.69 bits per heavy atom. The monoisotopic (exact) mass is 421 g/mol. The highest BCUT2D eigenvalue weighted by Crippen LogP contribution is 2.30. The van der Waals surface area contributed by atoms with Crippen LogP contribution in [0.5, 0.6) is 0 Å². The van der Waals surface area contributed by atoms with Gasteiger partial charge in [0.25, 0.3) is 0 Å². The Morgan fingerprint density at radius 3 is 2.03 bits per heavy atom. The molecule has 0 saturated heterocycles. The van der Waals surface area contributed by atoms with Crippen molar-refractivity contribution in [3.05, 3.63) is 17.0 Å². The third-order valence-electron chi connectivity index (χ3n) is 5.44. The van der Waals surface area contributed by atoms with Crippen LogP contribution in [0.4, 0.5) is 13.2 Å². The fourth-order valence-electron chi connectivity index (χ4n) is 3.53. The molecule has 0 aliphatic heterocycles. The Labute approximate surface area is 168 Å². The van der Waals surface area contributed by atoms with E-state index in [1.54, 1.807) is 0 Å². The van der Waals surface area contributed by atoms with Crippen LogP contribution in [0.25, 0.3) is 0 Å². The summed E-state index contributed by atoms with van der Waals surface area (Å²) in [5.74, 6) is -2.86. The smallest absolute Gasteiger partial charge is 0.481 e. The maximum atomic E-state index is 11.0. The summed E-state index contributed by atoms with van der Waals surface area (Å²) in [7, 11) is 2.00. The van der Waals surface area contributed by atoms with Crippen molar-refractivity contribution in [3.63, 3.8) is 0 Å². The molecular formula is C19H30F3N3O4. The molecule has 0 atom stereocenters. The molecule has 0 unspecified atom stereocenters. The number of hydrogen-bond donors (Lipinski definition) is 2. The van der Waals surface area contributed by atoms with Crippen molar-refractivity contribution in [2.24, 2.45) is 18.9 Å². The predicted octanol–water partition coefficient (Wildman–Crippen LogP) is 3.38. The Morgan fingerprint density at radius 1 is 1.17 bits per heavy atom. The van der Waals surface area contributed by atoms with Crippen molar-refractivity contribution < 1.29 is 33.0 Å². The SMILES string of the molecule is CCN(Cc1c(C)nn(C)c1C)CC1CCC(C(=O)O)CC1.O=C(O)C(F)(F)F. The van der Waals surface area contributed by atoms with E-state index < -0.39 is 18.1 Å². The van der Waals surface area contributed by atoms with Crippen LogP contribution in [0, 0.1) is 25.7 Å². The zero-order valence-electron chi connectivity index (χ0n) is 17.3. The van der Waals surface area contributed by atoms with Gasteiger partial charge in [-0.2, -0.15) is 18.3 Å². The largest absolute Gasteiger partial charge is 0.490 e. The molecule has 0 radical (unpaired) electrons. The summed E-state index contributed by atoms with van der Waals surface area (Å²) in [6.45, 7) is 9.43. The van der Waals surface area contributed by atoms with Gasteiger partial charge in [0.1, 0.15) is 0 Å². The van der Waals surface area contributed by atoms with E-state index in [4.69, 9.17) is 15.0 Å². The highest BCUT2D eigenvalue weighted by atomic mass is 19.4. The van der Waals surface area contributed by atoms with Crippen LogP contribution in [-0.4, -0.2) is 56.1 Å².